The number of nitrogens with one attached hydrogen (secondary N) is 1. The molecule has 0 atom stereocenters. The fraction of sp³-hybridized carbons (Fsp3) is 0.500. The minimum atomic E-state index is -0.143. The molecule has 104 valence electrons. The van der Waals surface area contributed by atoms with Crippen LogP contribution in [0.25, 0.3) is 0 Å². The quantitative estimate of drug-likeness (QED) is 0.807. The molecule has 1 aliphatic heterocycles. The van der Waals surface area contributed by atoms with Crippen LogP contribution in [-0.2, 0) is 4.74 Å². The van der Waals surface area contributed by atoms with Crippen LogP contribution in [0, 0.1) is 5.92 Å². The number of amides is 1. The van der Waals surface area contributed by atoms with Gasteiger partial charge >= 0.3 is 0 Å². The van der Waals surface area contributed by atoms with E-state index in [1.54, 1.807) is 18.2 Å². The molecule has 1 fully saturated rings. The highest BCUT2D eigenvalue weighted by Crippen LogP contribution is 2.25. The summed E-state index contributed by atoms with van der Waals surface area (Å²) in [4.78, 5) is 12.1. The van der Waals surface area contributed by atoms with Crippen molar-refractivity contribution in [2.45, 2.75) is 12.8 Å². The lowest BCUT2D eigenvalue weighted by Gasteiger charge is -2.22. The first-order valence-electron chi connectivity index (χ1n) is 6.50. The lowest BCUT2D eigenvalue weighted by atomic mass is 10.0. The fourth-order valence-corrected chi connectivity index (χ4v) is 2.24. The molecule has 0 aromatic heterocycles. The Morgan fingerprint density at radius 2 is 2.21 bits per heavy atom. The third-order valence-corrected chi connectivity index (χ3v) is 3.39. The van der Waals surface area contributed by atoms with Crippen molar-refractivity contribution in [1.82, 2.24) is 5.32 Å². The zero-order valence-electron chi connectivity index (χ0n) is 11.1. The Kier molecular flexibility index (Phi) is 4.63. The molecule has 19 heavy (non-hydrogen) atoms. The molecule has 0 bridgehead atoms. The van der Waals surface area contributed by atoms with E-state index in [2.05, 4.69) is 5.32 Å². The molecule has 0 radical (unpaired) electrons. The van der Waals surface area contributed by atoms with Gasteiger partial charge in [0.2, 0.25) is 0 Å². The summed E-state index contributed by atoms with van der Waals surface area (Å²) in [6.07, 6.45) is 1.99. The zero-order valence-corrected chi connectivity index (χ0v) is 11.1. The van der Waals surface area contributed by atoms with Crippen LogP contribution >= 0.6 is 0 Å². The summed E-state index contributed by atoms with van der Waals surface area (Å²) >= 11 is 0. The molecule has 1 aromatic rings. The van der Waals surface area contributed by atoms with Crippen molar-refractivity contribution in [2.24, 2.45) is 5.92 Å². The molecule has 5 nitrogen and oxygen atoms in total. The number of hydrogen-bond acceptors (Lipinski definition) is 4. The van der Waals surface area contributed by atoms with Crippen LogP contribution in [0.1, 0.15) is 23.2 Å². The average molecular weight is 264 g/mol. The molecule has 1 saturated heterocycles. The predicted octanol–water partition coefficient (Wildman–Crippen LogP) is 1.43. The number of ether oxygens (including phenoxy) is 2. The largest absolute Gasteiger partial charge is 0.494 e. The molecule has 2 rings (SSSR count). The highest BCUT2D eigenvalue weighted by molar-refractivity contribution is 5.98. The van der Waals surface area contributed by atoms with Crippen LogP contribution in [-0.4, -0.2) is 32.8 Å². The van der Waals surface area contributed by atoms with E-state index < -0.39 is 0 Å². The summed E-state index contributed by atoms with van der Waals surface area (Å²) in [5.41, 5.74) is 6.74. The normalized spacial score (nSPS) is 16.1. The van der Waals surface area contributed by atoms with Crippen molar-refractivity contribution in [3.05, 3.63) is 23.8 Å². The zero-order chi connectivity index (χ0) is 13.7. The van der Waals surface area contributed by atoms with E-state index >= 15 is 0 Å². The lowest BCUT2D eigenvalue weighted by molar-refractivity contribution is 0.0642. The van der Waals surface area contributed by atoms with Gasteiger partial charge in [-0.1, -0.05) is 6.07 Å². The van der Waals surface area contributed by atoms with Gasteiger partial charge in [0.05, 0.1) is 18.4 Å². The van der Waals surface area contributed by atoms with Crippen molar-refractivity contribution >= 4 is 11.6 Å². The SMILES string of the molecule is COc1c(N)cccc1C(=O)NCC1CCOCC1. The van der Waals surface area contributed by atoms with E-state index in [1.165, 1.54) is 7.11 Å². The van der Waals surface area contributed by atoms with E-state index in [9.17, 15) is 4.79 Å². The standard InChI is InChI=1S/C14H20N2O3/c1-18-13-11(3-2-4-12(13)15)14(17)16-9-10-5-7-19-8-6-10/h2-4,10H,5-9,15H2,1H3,(H,16,17). The van der Waals surface area contributed by atoms with E-state index in [0.29, 0.717) is 29.5 Å². The maximum Gasteiger partial charge on any atom is 0.255 e. The van der Waals surface area contributed by atoms with E-state index in [-0.39, 0.29) is 5.91 Å². The van der Waals surface area contributed by atoms with E-state index in [4.69, 9.17) is 15.2 Å². The van der Waals surface area contributed by atoms with Gasteiger partial charge in [-0.25, -0.2) is 0 Å². The third-order valence-electron chi connectivity index (χ3n) is 3.39. The van der Waals surface area contributed by atoms with Gasteiger partial charge in [0.25, 0.3) is 5.91 Å². The topological polar surface area (TPSA) is 73.6 Å². The highest BCUT2D eigenvalue weighted by atomic mass is 16.5. The Bertz CT molecular complexity index is 442. The number of nitrogens with two attached hydrogens (primary N) is 1. The molecule has 3 N–H and O–H groups in total. The predicted molar refractivity (Wildman–Crippen MR) is 73.3 cm³/mol. The van der Waals surface area contributed by atoms with Gasteiger partial charge in [-0.15, -0.1) is 0 Å². The van der Waals surface area contributed by atoms with Crippen LogP contribution < -0.4 is 15.8 Å². The molecule has 0 aliphatic carbocycles. The molecule has 5 heteroatoms. The number of anilines is 1. The number of rotatable bonds is 4. The second kappa shape index (κ2) is 6.43. The number of hydrogen-bond donors (Lipinski definition) is 2. The Hall–Kier alpha value is -1.75. The van der Waals surface area contributed by atoms with Gasteiger partial charge in [-0.3, -0.25) is 4.79 Å². The van der Waals surface area contributed by atoms with Crippen LogP contribution in [0.3, 0.4) is 0 Å². The molecule has 1 amide bonds. The molecule has 1 aliphatic rings. The van der Waals surface area contributed by atoms with Crippen molar-refractivity contribution in [2.75, 3.05) is 32.6 Å². The molecule has 0 spiro atoms. The van der Waals surface area contributed by atoms with Gasteiger partial charge < -0.3 is 20.5 Å². The lowest BCUT2D eigenvalue weighted by Crippen LogP contribution is -2.32. The second-order valence-corrected chi connectivity index (χ2v) is 4.69. The first kappa shape index (κ1) is 13.7. The van der Waals surface area contributed by atoms with Crippen LogP contribution in [0.5, 0.6) is 5.75 Å². The molecule has 1 aromatic carbocycles. The fourth-order valence-electron chi connectivity index (χ4n) is 2.24. The maximum absolute atomic E-state index is 12.1. The number of carbonyl (C=O) groups is 1. The smallest absolute Gasteiger partial charge is 0.255 e. The number of carbonyl (C=O) groups excluding carboxylic acids is 1. The van der Waals surface area contributed by atoms with Gasteiger partial charge in [0, 0.05) is 19.8 Å². The molecule has 1 heterocycles. The van der Waals surface area contributed by atoms with Crippen LogP contribution in [0.2, 0.25) is 0 Å². The Morgan fingerprint density at radius 1 is 1.47 bits per heavy atom. The highest BCUT2D eigenvalue weighted by Gasteiger charge is 2.17. The summed E-state index contributed by atoms with van der Waals surface area (Å²) in [7, 11) is 1.51. The number of benzene rings is 1. The third kappa shape index (κ3) is 3.38. The minimum absolute atomic E-state index is 0.143. The second-order valence-electron chi connectivity index (χ2n) is 4.69. The minimum Gasteiger partial charge on any atom is -0.494 e. The number of para-hydroxylation sites is 1. The Labute approximate surface area is 113 Å². The van der Waals surface area contributed by atoms with E-state index in [0.717, 1.165) is 26.1 Å². The Morgan fingerprint density at radius 3 is 2.89 bits per heavy atom. The number of methoxy groups -OCH3 is 1. The van der Waals surface area contributed by atoms with Gasteiger partial charge in [-0.05, 0) is 30.9 Å². The van der Waals surface area contributed by atoms with Crippen molar-refractivity contribution in [1.29, 1.82) is 0 Å². The summed E-state index contributed by atoms with van der Waals surface area (Å²) in [5, 5.41) is 2.94. The monoisotopic (exact) mass is 264 g/mol. The summed E-state index contributed by atoms with van der Waals surface area (Å²) in [5.74, 6) is 0.785. The van der Waals surface area contributed by atoms with Crippen LogP contribution in [0.4, 0.5) is 5.69 Å². The molecule has 0 unspecified atom stereocenters. The van der Waals surface area contributed by atoms with E-state index in [1.807, 2.05) is 0 Å². The van der Waals surface area contributed by atoms with Crippen molar-refractivity contribution in [3.63, 3.8) is 0 Å². The van der Waals surface area contributed by atoms with Crippen LogP contribution in [0.15, 0.2) is 18.2 Å². The summed E-state index contributed by atoms with van der Waals surface area (Å²) in [6, 6.07) is 5.18. The average Bonchev–Trinajstić information content (AvgIpc) is 2.45. The first-order chi connectivity index (χ1) is 9.22. The van der Waals surface area contributed by atoms with Crippen molar-refractivity contribution in [3.8, 4) is 5.75 Å². The first-order valence-corrected chi connectivity index (χ1v) is 6.50. The maximum atomic E-state index is 12.1. The van der Waals surface area contributed by atoms with Gasteiger partial charge in [-0.2, -0.15) is 0 Å². The van der Waals surface area contributed by atoms with Gasteiger partial charge in [0.15, 0.2) is 5.75 Å². The van der Waals surface area contributed by atoms with Crippen molar-refractivity contribution < 1.29 is 14.3 Å². The molecule has 0 saturated carbocycles. The molecular formula is C14H20N2O3. The summed E-state index contributed by atoms with van der Waals surface area (Å²) < 4.78 is 10.5. The number of nitrogen functional groups attached to an aromatic ring is 1. The Balaban J connectivity index is 1.97. The van der Waals surface area contributed by atoms with Gasteiger partial charge in [0.1, 0.15) is 0 Å². The summed E-state index contributed by atoms with van der Waals surface area (Å²) in [6.45, 7) is 2.23. The molecular weight excluding hydrogens is 244 g/mol.